The molecule has 114 valence electrons. The van der Waals surface area contributed by atoms with Gasteiger partial charge in [0.1, 0.15) is 18.0 Å². The minimum atomic E-state index is 0.0923. The third-order valence-electron chi connectivity index (χ3n) is 4.10. The minimum Gasteiger partial charge on any atom is -0.471 e. The molecule has 1 aliphatic carbocycles. The van der Waals surface area contributed by atoms with Gasteiger partial charge in [-0.3, -0.25) is 9.48 Å². The molecular weight excluding hydrogens is 280 g/mol. The number of amides is 1. The van der Waals surface area contributed by atoms with Gasteiger partial charge in [-0.05, 0) is 30.9 Å². The quantitative estimate of drug-likeness (QED) is 0.843. The van der Waals surface area contributed by atoms with E-state index in [9.17, 15) is 4.79 Å². The topological polar surface area (TPSA) is 60.2 Å². The summed E-state index contributed by atoms with van der Waals surface area (Å²) in [5, 5.41) is 4.46. The highest BCUT2D eigenvalue weighted by Gasteiger charge is 2.31. The van der Waals surface area contributed by atoms with E-state index >= 15 is 0 Å². The molecule has 1 fully saturated rings. The molecule has 0 saturated heterocycles. The predicted octanol–water partition coefficient (Wildman–Crippen LogP) is 1.72. The van der Waals surface area contributed by atoms with E-state index in [1.807, 2.05) is 23.1 Å². The highest BCUT2D eigenvalue weighted by Crippen LogP contribution is 2.30. The van der Waals surface area contributed by atoms with Gasteiger partial charge < -0.3 is 9.64 Å². The Labute approximate surface area is 128 Å². The molecule has 2 aliphatic rings. The summed E-state index contributed by atoms with van der Waals surface area (Å²) in [5.74, 6) is 1.37. The fourth-order valence-corrected chi connectivity index (χ4v) is 2.73. The molecular formula is C16H18N4O2. The molecule has 1 aliphatic heterocycles. The highest BCUT2D eigenvalue weighted by atomic mass is 16.5. The second-order valence-corrected chi connectivity index (χ2v) is 5.90. The van der Waals surface area contributed by atoms with Crippen LogP contribution in [0.2, 0.25) is 0 Å². The second-order valence-electron chi connectivity index (χ2n) is 5.90. The first kappa shape index (κ1) is 13.3. The van der Waals surface area contributed by atoms with Crippen LogP contribution in [0.5, 0.6) is 5.88 Å². The summed E-state index contributed by atoms with van der Waals surface area (Å²) in [5.41, 5.74) is 1.44. The van der Waals surface area contributed by atoms with E-state index in [0.29, 0.717) is 24.1 Å². The van der Waals surface area contributed by atoms with Crippen molar-refractivity contribution in [3.63, 3.8) is 0 Å². The van der Waals surface area contributed by atoms with Crippen molar-refractivity contribution in [3.8, 4) is 5.88 Å². The molecule has 0 N–H and O–H groups in total. The Hall–Kier alpha value is -2.37. The average Bonchev–Trinajstić information content (AvgIpc) is 3.26. The lowest BCUT2D eigenvalue weighted by Gasteiger charge is -2.27. The molecule has 3 heterocycles. The zero-order valence-electron chi connectivity index (χ0n) is 12.3. The molecule has 4 rings (SSSR count). The molecule has 0 unspecified atom stereocenters. The van der Waals surface area contributed by atoms with Crippen molar-refractivity contribution in [3.05, 3.63) is 41.9 Å². The molecule has 0 aromatic carbocycles. The van der Waals surface area contributed by atoms with Gasteiger partial charge in [0, 0.05) is 25.4 Å². The van der Waals surface area contributed by atoms with E-state index in [4.69, 9.17) is 4.74 Å². The zero-order valence-corrected chi connectivity index (χ0v) is 12.3. The van der Waals surface area contributed by atoms with Crippen molar-refractivity contribution in [2.75, 3.05) is 13.1 Å². The number of aromatic nitrogens is 3. The predicted molar refractivity (Wildman–Crippen MR) is 79.4 cm³/mol. The van der Waals surface area contributed by atoms with Gasteiger partial charge in [-0.1, -0.05) is 6.07 Å². The fraction of sp³-hybridized carbons (Fsp3) is 0.438. The minimum absolute atomic E-state index is 0.0923. The molecule has 22 heavy (non-hydrogen) atoms. The van der Waals surface area contributed by atoms with E-state index in [1.54, 1.807) is 16.9 Å². The summed E-state index contributed by atoms with van der Waals surface area (Å²) in [4.78, 5) is 18.5. The largest absolute Gasteiger partial charge is 0.471 e. The van der Waals surface area contributed by atoms with Crippen molar-refractivity contribution in [2.24, 2.45) is 5.92 Å². The number of carbonyl (C=O) groups excluding carboxylic acids is 1. The number of ether oxygens (including phenoxy) is 1. The van der Waals surface area contributed by atoms with Crippen molar-refractivity contribution in [2.45, 2.75) is 26.0 Å². The van der Waals surface area contributed by atoms with Gasteiger partial charge >= 0.3 is 0 Å². The zero-order chi connectivity index (χ0) is 14.9. The molecule has 2 aromatic rings. The van der Waals surface area contributed by atoms with E-state index < -0.39 is 0 Å². The fourth-order valence-electron chi connectivity index (χ4n) is 2.73. The summed E-state index contributed by atoms with van der Waals surface area (Å²) in [6, 6.07) is 7.36. The van der Waals surface area contributed by atoms with Crippen LogP contribution in [0.3, 0.4) is 0 Å². The van der Waals surface area contributed by atoms with Gasteiger partial charge in [0.25, 0.3) is 5.91 Å². The molecule has 0 bridgehead atoms. The number of carbonyl (C=O) groups is 1. The van der Waals surface area contributed by atoms with Crippen LogP contribution in [0.15, 0.2) is 30.5 Å². The molecule has 0 atom stereocenters. The van der Waals surface area contributed by atoms with Crippen LogP contribution in [0, 0.1) is 5.92 Å². The number of fused-ring (bicyclic) bond motifs is 1. The average molecular weight is 298 g/mol. The smallest absolute Gasteiger partial charge is 0.272 e. The highest BCUT2D eigenvalue weighted by molar-refractivity contribution is 5.93. The lowest BCUT2D eigenvalue weighted by Crippen LogP contribution is -2.41. The van der Waals surface area contributed by atoms with Crippen molar-refractivity contribution in [1.29, 1.82) is 0 Å². The Bertz CT molecular complexity index is 679. The molecule has 0 spiro atoms. The maximum atomic E-state index is 12.5. The Morgan fingerprint density at radius 1 is 1.27 bits per heavy atom. The molecule has 2 aromatic heterocycles. The van der Waals surface area contributed by atoms with Crippen molar-refractivity contribution in [1.82, 2.24) is 19.7 Å². The number of hydrogen-bond acceptors (Lipinski definition) is 4. The van der Waals surface area contributed by atoms with Crippen LogP contribution in [-0.4, -0.2) is 38.7 Å². The Kier molecular flexibility index (Phi) is 3.29. The molecule has 0 radical (unpaired) electrons. The van der Waals surface area contributed by atoms with Gasteiger partial charge in [-0.2, -0.15) is 5.10 Å². The van der Waals surface area contributed by atoms with Crippen LogP contribution in [0.1, 0.15) is 29.0 Å². The first-order chi connectivity index (χ1) is 10.8. The summed E-state index contributed by atoms with van der Waals surface area (Å²) in [6.07, 6.45) is 4.20. The van der Waals surface area contributed by atoms with Gasteiger partial charge in [0.05, 0.1) is 6.54 Å². The first-order valence-corrected chi connectivity index (χ1v) is 7.69. The van der Waals surface area contributed by atoms with Crippen molar-refractivity contribution < 1.29 is 9.53 Å². The maximum absolute atomic E-state index is 12.5. The SMILES string of the molecule is O=C1c2cc(COc3ccccn3)nn2CCN1CC1CC1. The van der Waals surface area contributed by atoms with Crippen LogP contribution >= 0.6 is 0 Å². The van der Waals surface area contributed by atoms with Crippen LogP contribution < -0.4 is 4.74 Å². The third kappa shape index (κ3) is 2.68. The number of hydrogen-bond donors (Lipinski definition) is 0. The summed E-state index contributed by atoms with van der Waals surface area (Å²) in [7, 11) is 0. The number of rotatable bonds is 5. The number of pyridine rings is 1. The molecule has 6 heteroatoms. The third-order valence-corrected chi connectivity index (χ3v) is 4.10. The van der Waals surface area contributed by atoms with E-state index in [1.165, 1.54) is 12.8 Å². The van der Waals surface area contributed by atoms with E-state index in [-0.39, 0.29) is 5.91 Å². The van der Waals surface area contributed by atoms with Gasteiger partial charge in [0.2, 0.25) is 5.88 Å². The summed E-state index contributed by atoms with van der Waals surface area (Å²) >= 11 is 0. The first-order valence-electron chi connectivity index (χ1n) is 7.69. The maximum Gasteiger partial charge on any atom is 0.272 e. The lowest BCUT2D eigenvalue weighted by atomic mass is 10.2. The van der Waals surface area contributed by atoms with E-state index in [2.05, 4.69) is 10.1 Å². The Morgan fingerprint density at radius 2 is 2.18 bits per heavy atom. The normalized spacial score (nSPS) is 17.5. The second kappa shape index (κ2) is 5.44. The van der Waals surface area contributed by atoms with Crippen LogP contribution in [0.4, 0.5) is 0 Å². The van der Waals surface area contributed by atoms with Crippen molar-refractivity contribution >= 4 is 5.91 Å². The van der Waals surface area contributed by atoms with Gasteiger partial charge in [-0.25, -0.2) is 4.98 Å². The van der Waals surface area contributed by atoms with Crippen LogP contribution in [0.25, 0.3) is 0 Å². The Balaban J connectivity index is 1.45. The molecule has 1 amide bonds. The summed E-state index contributed by atoms with van der Waals surface area (Å²) in [6.45, 7) is 2.73. The molecule has 6 nitrogen and oxygen atoms in total. The lowest BCUT2D eigenvalue weighted by molar-refractivity contribution is 0.0689. The van der Waals surface area contributed by atoms with Gasteiger partial charge in [-0.15, -0.1) is 0 Å². The van der Waals surface area contributed by atoms with E-state index in [0.717, 1.165) is 25.3 Å². The summed E-state index contributed by atoms with van der Waals surface area (Å²) < 4.78 is 7.39. The monoisotopic (exact) mass is 298 g/mol. The standard InChI is InChI=1S/C16H18N4O2/c21-16-14-9-13(11-22-15-3-1-2-6-17-15)18-20(14)8-7-19(16)10-12-4-5-12/h1-3,6,9,12H,4-5,7-8,10-11H2. The Morgan fingerprint density at radius 3 is 2.95 bits per heavy atom. The van der Waals surface area contributed by atoms with Crippen LogP contribution in [-0.2, 0) is 13.2 Å². The number of nitrogens with zero attached hydrogens (tertiary/aromatic N) is 4. The molecule has 1 saturated carbocycles. The van der Waals surface area contributed by atoms with Gasteiger partial charge in [0.15, 0.2) is 0 Å².